The molecule has 0 amide bonds. The van der Waals surface area contributed by atoms with Crippen molar-refractivity contribution in [3.8, 4) is 10.7 Å². The van der Waals surface area contributed by atoms with Gasteiger partial charge in [0.25, 0.3) is 0 Å². The summed E-state index contributed by atoms with van der Waals surface area (Å²) in [6.45, 7) is 1.03. The first-order valence-corrected chi connectivity index (χ1v) is 7.22. The van der Waals surface area contributed by atoms with Crippen LogP contribution in [0.2, 0.25) is 0 Å². The summed E-state index contributed by atoms with van der Waals surface area (Å²) in [5.74, 6) is 0.581. The second-order valence-electron chi connectivity index (χ2n) is 4.86. The van der Waals surface area contributed by atoms with Crippen LogP contribution in [0.1, 0.15) is 29.3 Å². The average molecular weight is 262 g/mol. The Labute approximate surface area is 111 Å². The molecule has 0 aromatic carbocycles. The molecule has 0 spiro atoms. The van der Waals surface area contributed by atoms with Crippen molar-refractivity contribution in [1.82, 2.24) is 19.9 Å². The molecule has 1 atom stereocenters. The number of nitrogens with one attached hydrogen (secondary N) is 1. The Morgan fingerprint density at radius 3 is 3.17 bits per heavy atom. The summed E-state index contributed by atoms with van der Waals surface area (Å²) in [7, 11) is 4.04. The summed E-state index contributed by atoms with van der Waals surface area (Å²) >= 11 is 1.84. The zero-order valence-corrected chi connectivity index (χ0v) is 11.6. The Morgan fingerprint density at radius 1 is 1.56 bits per heavy atom. The first kappa shape index (κ1) is 11.9. The van der Waals surface area contributed by atoms with Crippen LogP contribution in [0.3, 0.4) is 0 Å². The molecule has 0 radical (unpaired) electrons. The topological polar surface area (TPSA) is 42.7 Å². The molecule has 2 aromatic heterocycles. The number of rotatable bonds is 3. The molecule has 0 saturated heterocycles. The lowest BCUT2D eigenvalue weighted by atomic mass is 9.91. The van der Waals surface area contributed by atoms with Crippen molar-refractivity contribution in [2.45, 2.75) is 25.2 Å². The third-order valence-corrected chi connectivity index (χ3v) is 4.71. The minimum absolute atomic E-state index is 0.581. The van der Waals surface area contributed by atoms with Crippen LogP contribution in [0.15, 0.2) is 12.5 Å². The molecule has 4 nitrogen and oxygen atoms in total. The SMILES string of the molecule is CNCC1CCCc2sc(-c3cncn3C)nc21. The van der Waals surface area contributed by atoms with Crippen LogP contribution >= 0.6 is 11.3 Å². The van der Waals surface area contributed by atoms with Gasteiger partial charge in [0.05, 0.1) is 23.9 Å². The van der Waals surface area contributed by atoms with Crippen molar-refractivity contribution >= 4 is 11.3 Å². The summed E-state index contributed by atoms with van der Waals surface area (Å²) in [4.78, 5) is 10.5. The molecule has 0 saturated carbocycles. The molecule has 1 N–H and O–H groups in total. The van der Waals surface area contributed by atoms with E-state index >= 15 is 0 Å². The monoisotopic (exact) mass is 262 g/mol. The van der Waals surface area contributed by atoms with E-state index in [0.717, 1.165) is 17.2 Å². The van der Waals surface area contributed by atoms with E-state index in [2.05, 4.69) is 10.3 Å². The van der Waals surface area contributed by atoms with Gasteiger partial charge in [-0.15, -0.1) is 11.3 Å². The fourth-order valence-electron chi connectivity index (χ4n) is 2.63. The summed E-state index contributed by atoms with van der Waals surface area (Å²) in [6.07, 6.45) is 7.46. The van der Waals surface area contributed by atoms with E-state index in [4.69, 9.17) is 4.98 Å². The van der Waals surface area contributed by atoms with Gasteiger partial charge in [0.1, 0.15) is 5.01 Å². The van der Waals surface area contributed by atoms with E-state index in [1.54, 1.807) is 0 Å². The molecule has 2 aromatic rings. The molecule has 5 heteroatoms. The van der Waals surface area contributed by atoms with Crippen molar-refractivity contribution in [1.29, 1.82) is 0 Å². The van der Waals surface area contributed by atoms with Gasteiger partial charge in [-0.3, -0.25) is 0 Å². The first-order valence-electron chi connectivity index (χ1n) is 6.40. The first-order chi connectivity index (χ1) is 8.79. The van der Waals surface area contributed by atoms with E-state index in [1.165, 1.54) is 29.8 Å². The number of aromatic nitrogens is 3. The molecule has 1 aliphatic carbocycles. The summed E-state index contributed by atoms with van der Waals surface area (Å²) in [5.41, 5.74) is 2.44. The maximum atomic E-state index is 4.87. The van der Waals surface area contributed by atoms with Crippen LogP contribution in [-0.4, -0.2) is 28.1 Å². The van der Waals surface area contributed by atoms with Gasteiger partial charge in [-0.2, -0.15) is 0 Å². The van der Waals surface area contributed by atoms with Crippen LogP contribution < -0.4 is 5.32 Å². The van der Waals surface area contributed by atoms with Gasteiger partial charge >= 0.3 is 0 Å². The highest BCUT2D eigenvalue weighted by atomic mass is 32.1. The third-order valence-electron chi connectivity index (χ3n) is 3.56. The molecule has 1 aliphatic rings. The Balaban J connectivity index is 1.98. The van der Waals surface area contributed by atoms with Gasteiger partial charge in [0, 0.05) is 24.4 Å². The molecule has 96 valence electrons. The maximum Gasteiger partial charge on any atom is 0.142 e. The van der Waals surface area contributed by atoms with Crippen LogP contribution in [0.4, 0.5) is 0 Å². The number of nitrogens with zero attached hydrogens (tertiary/aromatic N) is 3. The van der Waals surface area contributed by atoms with Gasteiger partial charge in [-0.05, 0) is 26.3 Å². The fraction of sp³-hybridized carbons (Fsp3) is 0.538. The number of hydrogen-bond acceptors (Lipinski definition) is 4. The van der Waals surface area contributed by atoms with Crippen LogP contribution in [0, 0.1) is 0 Å². The Bertz CT molecular complexity index is 543. The fourth-order valence-corrected chi connectivity index (χ4v) is 3.87. The minimum Gasteiger partial charge on any atom is -0.332 e. The second-order valence-corrected chi connectivity index (χ2v) is 5.95. The molecule has 18 heavy (non-hydrogen) atoms. The summed E-state index contributed by atoms with van der Waals surface area (Å²) in [5, 5.41) is 4.39. The Kier molecular flexibility index (Phi) is 3.18. The number of imidazole rings is 1. The molecule has 1 unspecified atom stereocenters. The van der Waals surface area contributed by atoms with Gasteiger partial charge in [-0.25, -0.2) is 9.97 Å². The molecular weight excluding hydrogens is 244 g/mol. The Hall–Kier alpha value is -1.20. The van der Waals surface area contributed by atoms with E-state index in [-0.39, 0.29) is 0 Å². The molecule has 0 fully saturated rings. The van der Waals surface area contributed by atoms with Crippen molar-refractivity contribution in [3.63, 3.8) is 0 Å². The minimum atomic E-state index is 0.581. The highest BCUT2D eigenvalue weighted by Gasteiger charge is 2.25. The lowest BCUT2D eigenvalue weighted by Gasteiger charge is -2.20. The standard InChI is InChI=1S/C13H18N4S/c1-14-6-9-4-3-5-11-12(9)16-13(18-11)10-7-15-8-17(10)2/h7-9,14H,3-6H2,1-2H3. The lowest BCUT2D eigenvalue weighted by Crippen LogP contribution is -2.20. The summed E-state index contributed by atoms with van der Waals surface area (Å²) in [6, 6.07) is 0. The largest absolute Gasteiger partial charge is 0.332 e. The zero-order chi connectivity index (χ0) is 12.5. The zero-order valence-electron chi connectivity index (χ0n) is 10.8. The van der Waals surface area contributed by atoms with Crippen LogP contribution in [-0.2, 0) is 13.5 Å². The predicted molar refractivity (Wildman–Crippen MR) is 73.9 cm³/mol. The predicted octanol–water partition coefficient (Wildman–Crippen LogP) is 2.18. The molecule has 3 rings (SSSR count). The number of aryl methyl sites for hydroxylation is 2. The van der Waals surface area contributed by atoms with Crippen molar-refractivity contribution in [2.24, 2.45) is 7.05 Å². The highest BCUT2D eigenvalue weighted by Crippen LogP contribution is 2.37. The van der Waals surface area contributed by atoms with Crippen molar-refractivity contribution in [3.05, 3.63) is 23.1 Å². The smallest absolute Gasteiger partial charge is 0.142 e. The molecular formula is C13H18N4S. The number of fused-ring (bicyclic) bond motifs is 1. The average Bonchev–Trinajstić information content (AvgIpc) is 2.95. The quantitative estimate of drug-likeness (QED) is 0.922. The maximum absolute atomic E-state index is 4.87. The molecule has 0 aliphatic heterocycles. The van der Waals surface area contributed by atoms with Gasteiger partial charge in [0.2, 0.25) is 0 Å². The van der Waals surface area contributed by atoms with Gasteiger partial charge < -0.3 is 9.88 Å². The number of thiazole rings is 1. The van der Waals surface area contributed by atoms with Gasteiger partial charge in [-0.1, -0.05) is 0 Å². The van der Waals surface area contributed by atoms with Crippen molar-refractivity contribution in [2.75, 3.05) is 13.6 Å². The van der Waals surface area contributed by atoms with E-state index < -0.39 is 0 Å². The van der Waals surface area contributed by atoms with Crippen LogP contribution in [0.25, 0.3) is 10.7 Å². The third kappa shape index (κ3) is 1.97. The van der Waals surface area contributed by atoms with E-state index in [9.17, 15) is 0 Å². The van der Waals surface area contributed by atoms with Crippen molar-refractivity contribution < 1.29 is 0 Å². The molecule has 0 bridgehead atoms. The van der Waals surface area contributed by atoms with Crippen LogP contribution in [0.5, 0.6) is 0 Å². The number of hydrogen-bond donors (Lipinski definition) is 1. The summed E-state index contributed by atoms with van der Waals surface area (Å²) < 4.78 is 2.04. The Morgan fingerprint density at radius 2 is 2.44 bits per heavy atom. The normalized spacial score (nSPS) is 18.9. The number of likely N-dealkylation sites (N-methyl/N-ethyl adjacent to an activating group) is 1. The van der Waals surface area contributed by atoms with E-state index in [0.29, 0.717) is 5.92 Å². The van der Waals surface area contributed by atoms with E-state index in [1.807, 2.05) is 42.5 Å². The lowest BCUT2D eigenvalue weighted by molar-refractivity contribution is 0.523. The molecule has 2 heterocycles. The highest BCUT2D eigenvalue weighted by molar-refractivity contribution is 7.15. The second kappa shape index (κ2) is 4.82. The van der Waals surface area contributed by atoms with Gasteiger partial charge in [0.15, 0.2) is 0 Å².